The number of ether oxygens (including phenoxy) is 2. The van der Waals surface area contributed by atoms with E-state index >= 15 is 0 Å². The molecule has 0 bridgehead atoms. The smallest absolute Gasteiger partial charge is 0.334 e. The number of rotatable bonds is 8. The molecule has 126 valence electrons. The van der Waals surface area contributed by atoms with Crippen molar-refractivity contribution in [2.24, 2.45) is 5.92 Å². The third-order valence-electron chi connectivity index (χ3n) is 3.53. The second kappa shape index (κ2) is 8.26. The van der Waals surface area contributed by atoms with E-state index in [4.69, 9.17) is 14.6 Å². The van der Waals surface area contributed by atoms with Crippen LogP contribution >= 0.6 is 0 Å². The number of hydrogen-bond donors (Lipinski definition) is 1. The lowest BCUT2D eigenvalue weighted by atomic mass is 9.96. The molecule has 2 rings (SSSR count). The van der Waals surface area contributed by atoms with Crippen molar-refractivity contribution in [2.45, 2.75) is 13.0 Å². The maximum absolute atomic E-state index is 12.1. The highest BCUT2D eigenvalue weighted by Crippen LogP contribution is 2.19. The molecule has 2 atom stereocenters. The Hall–Kier alpha value is -2.66. The zero-order valence-electron chi connectivity index (χ0n) is 13.5. The van der Waals surface area contributed by atoms with Crippen molar-refractivity contribution in [1.29, 1.82) is 0 Å². The lowest BCUT2D eigenvalue weighted by Gasteiger charge is -2.12. The standard InChI is InChI=1S/C19H20O5/c1-13(18(20)21)10-16(9-8-15-6-4-3-5-7-15)14(2)19(22)24-12-17-11-23-17/h3-10,16-17H,2,11-12H2,1H3,(H,20,21). The third kappa shape index (κ3) is 5.52. The van der Waals surface area contributed by atoms with Crippen LogP contribution in [0.3, 0.4) is 0 Å². The first-order valence-corrected chi connectivity index (χ1v) is 7.60. The normalized spacial score (nSPS) is 18.2. The molecule has 0 amide bonds. The van der Waals surface area contributed by atoms with Gasteiger partial charge in [0, 0.05) is 17.1 Å². The molecule has 0 radical (unpaired) electrons. The molecule has 5 nitrogen and oxygen atoms in total. The summed E-state index contributed by atoms with van der Waals surface area (Å²) in [5, 5.41) is 9.07. The molecule has 1 fully saturated rings. The molecule has 1 aliphatic rings. The number of esters is 1. The summed E-state index contributed by atoms with van der Waals surface area (Å²) >= 11 is 0. The van der Waals surface area contributed by atoms with Crippen molar-refractivity contribution in [1.82, 2.24) is 0 Å². The number of epoxide rings is 1. The molecule has 0 aliphatic carbocycles. The molecule has 1 heterocycles. The Bertz CT molecular complexity index is 668. The number of carbonyl (C=O) groups excluding carboxylic acids is 1. The largest absolute Gasteiger partial charge is 0.478 e. The van der Waals surface area contributed by atoms with Crippen LogP contribution in [0.5, 0.6) is 0 Å². The summed E-state index contributed by atoms with van der Waals surface area (Å²) in [7, 11) is 0. The van der Waals surface area contributed by atoms with Gasteiger partial charge < -0.3 is 14.6 Å². The number of carbonyl (C=O) groups is 2. The fourth-order valence-electron chi connectivity index (χ4n) is 1.95. The molecule has 0 aromatic heterocycles. The average molecular weight is 328 g/mol. The van der Waals surface area contributed by atoms with Crippen LogP contribution in [0.25, 0.3) is 6.08 Å². The third-order valence-corrected chi connectivity index (χ3v) is 3.53. The molecule has 2 unspecified atom stereocenters. The number of hydrogen-bond acceptors (Lipinski definition) is 4. The van der Waals surface area contributed by atoms with Crippen LogP contribution in [0.1, 0.15) is 12.5 Å². The van der Waals surface area contributed by atoms with Crippen LogP contribution in [0, 0.1) is 5.92 Å². The van der Waals surface area contributed by atoms with Gasteiger partial charge in [0.25, 0.3) is 0 Å². The zero-order chi connectivity index (χ0) is 17.5. The second-order valence-electron chi connectivity index (χ2n) is 5.53. The monoisotopic (exact) mass is 328 g/mol. The number of benzene rings is 1. The van der Waals surface area contributed by atoms with Crippen molar-refractivity contribution < 1.29 is 24.2 Å². The first-order chi connectivity index (χ1) is 11.5. The Balaban J connectivity index is 2.13. The van der Waals surface area contributed by atoms with Crippen LogP contribution in [0.4, 0.5) is 0 Å². The summed E-state index contributed by atoms with van der Waals surface area (Å²) in [6, 6.07) is 9.51. The van der Waals surface area contributed by atoms with E-state index in [1.165, 1.54) is 13.0 Å². The van der Waals surface area contributed by atoms with E-state index in [0.29, 0.717) is 6.61 Å². The van der Waals surface area contributed by atoms with E-state index in [9.17, 15) is 9.59 Å². The zero-order valence-corrected chi connectivity index (χ0v) is 13.5. The molecule has 1 aromatic carbocycles. The number of carboxylic acids is 1. The maximum Gasteiger partial charge on any atom is 0.334 e. The van der Waals surface area contributed by atoms with Gasteiger partial charge in [-0.3, -0.25) is 0 Å². The molecule has 0 spiro atoms. The first-order valence-electron chi connectivity index (χ1n) is 7.60. The van der Waals surface area contributed by atoms with Gasteiger partial charge in [-0.05, 0) is 12.5 Å². The van der Waals surface area contributed by atoms with Gasteiger partial charge in [-0.1, -0.05) is 55.1 Å². The van der Waals surface area contributed by atoms with E-state index < -0.39 is 17.9 Å². The maximum atomic E-state index is 12.1. The minimum absolute atomic E-state index is 0.0311. The first kappa shape index (κ1) is 17.7. The highest BCUT2D eigenvalue weighted by molar-refractivity contribution is 5.91. The highest BCUT2D eigenvalue weighted by Gasteiger charge is 2.26. The fourth-order valence-corrected chi connectivity index (χ4v) is 1.95. The van der Waals surface area contributed by atoms with Gasteiger partial charge in [0.1, 0.15) is 12.7 Å². The molecule has 1 aliphatic heterocycles. The summed E-state index contributed by atoms with van der Waals surface area (Å²) in [4.78, 5) is 23.2. The molecule has 5 heteroatoms. The SMILES string of the molecule is C=C(C(=O)OCC1CO1)C(C=Cc1ccccc1)C=C(C)C(=O)O. The Kier molecular flexibility index (Phi) is 6.09. The van der Waals surface area contributed by atoms with Gasteiger partial charge in [0.05, 0.1) is 6.61 Å². The van der Waals surface area contributed by atoms with Crippen LogP contribution < -0.4 is 0 Å². The van der Waals surface area contributed by atoms with Crippen LogP contribution in [0.15, 0.2) is 60.2 Å². The lowest BCUT2D eigenvalue weighted by Crippen LogP contribution is -2.16. The molecule has 1 N–H and O–H groups in total. The van der Waals surface area contributed by atoms with E-state index in [-0.39, 0.29) is 23.9 Å². The minimum Gasteiger partial charge on any atom is -0.478 e. The van der Waals surface area contributed by atoms with Gasteiger partial charge in [-0.15, -0.1) is 0 Å². The predicted molar refractivity (Wildman–Crippen MR) is 90.2 cm³/mol. The molecular formula is C19H20O5. The number of allylic oxidation sites excluding steroid dienone is 2. The highest BCUT2D eigenvalue weighted by atomic mass is 16.6. The summed E-state index contributed by atoms with van der Waals surface area (Å²) in [6.07, 6.45) is 5.01. The molecule has 1 saturated heterocycles. The van der Waals surface area contributed by atoms with E-state index in [1.54, 1.807) is 6.08 Å². The summed E-state index contributed by atoms with van der Waals surface area (Å²) in [5.41, 5.74) is 1.26. The summed E-state index contributed by atoms with van der Waals surface area (Å²) < 4.78 is 10.1. The van der Waals surface area contributed by atoms with E-state index in [0.717, 1.165) is 5.56 Å². The Labute approximate surface area is 140 Å². The van der Waals surface area contributed by atoms with Crippen molar-refractivity contribution in [2.75, 3.05) is 13.2 Å². The molecule has 24 heavy (non-hydrogen) atoms. The van der Waals surface area contributed by atoms with Gasteiger partial charge in [-0.2, -0.15) is 0 Å². The van der Waals surface area contributed by atoms with Crippen molar-refractivity contribution in [3.8, 4) is 0 Å². The fraction of sp³-hybridized carbons (Fsp3) is 0.263. The minimum atomic E-state index is -1.04. The second-order valence-corrected chi connectivity index (χ2v) is 5.53. The van der Waals surface area contributed by atoms with Crippen molar-refractivity contribution in [3.05, 3.63) is 65.8 Å². The predicted octanol–water partition coefficient (Wildman–Crippen LogP) is 2.85. The van der Waals surface area contributed by atoms with Crippen molar-refractivity contribution in [3.63, 3.8) is 0 Å². The van der Waals surface area contributed by atoms with Gasteiger partial charge in [0.15, 0.2) is 0 Å². The Morgan fingerprint density at radius 1 is 1.42 bits per heavy atom. The van der Waals surface area contributed by atoms with E-state index in [1.807, 2.05) is 36.4 Å². The average Bonchev–Trinajstić information content (AvgIpc) is 3.40. The number of aliphatic carboxylic acids is 1. The van der Waals surface area contributed by atoms with E-state index in [2.05, 4.69) is 6.58 Å². The Morgan fingerprint density at radius 3 is 2.67 bits per heavy atom. The lowest BCUT2D eigenvalue weighted by molar-refractivity contribution is -0.140. The van der Waals surface area contributed by atoms with Gasteiger partial charge in [0.2, 0.25) is 0 Å². The molecule has 1 aromatic rings. The summed E-state index contributed by atoms with van der Waals surface area (Å²) in [6.45, 7) is 6.03. The summed E-state index contributed by atoms with van der Waals surface area (Å²) in [5.74, 6) is -2.16. The molecule has 0 saturated carbocycles. The number of carboxylic acid groups (broad SMARTS) is 1. The van der Waals surface area contributed by atoms with Crippen LogP contribution in [-0.2, 0) is 19.1 Å². The van der Waals surface area contributed by atoms with Gasteiger partial charge >= 0.3 is 11.9 Å². The Morgan fingerprint density at radius 2 is 2.08 bits per heavy atom. The topological polar surface area (TPSA) is 76.1 Å². The van der Waals surface area contributed by atoms with Crippen LogP contribution in [0.2, 0.25) is 0 Å². The molecular weight excluding hydrogens is 308 g/mol. The van der Waals surface area contributed by atoms with Gasteiger partial charge in [-0.25, -0.2) is 9.59 Å². The quantitative estimate of drug-likeness (QED) is 0.451. The van der Waals surface area contributed by atoms with Crippen LogP contribution in [-0.4, -0.2) is 36.4 Å². The van der Waals surface area contributed by atoms with Crippen molar-refractivity contribution >= 4 is 18.0 Å².